The zero-order valence-electron chi connectivity index (χ0n) is 11.2. The van der Waals surface area contributed by atoms with Crippen molar-refractivity contribution in [1.29, 1.82) is 0 Å². The van der Waals surface area contributed by atoms with Crippen LogP contribution >= 0.6 is 0 Å². The molecule has 108 valence electrons. The van der Waals surface area contributed by atoms with Crippen molar-refractivity contribution in [2.45, 2.75) is 0 Å². The Bertz CT molecular complexity index is 711. The summed E-state index contributed by atoms with van der Waals surface area (Å²) in [5, 5.41) is 19.5. The molecule has 0 aliphatic rings. The van der Waals surface area contributed by atoms with Crippen molar-refractivity contribution in [2.24, 2.45) is 5.92 Å². The fraction of sp³-hybridized carbons (Fsp3) is 0.133. The van der Waals surface area contributed by atoms with Gasteiger partial charge in [-0.25, -0.2) is 0 Å². The molecule has 6 nitrogen and oxygen atoms in total. The molecule has 0 saturated heterocycles. The van der Waals surface area contributed by atoms with Crippen LogP contribution in [0, 0.1) is 5.92 Å². The average molecular weight is 287 g/mol. The molecule has 1 amide bonds. The Morgan fingerprint density at radius 2 is 1.52 bits per heavy atom. The Hall–Kier alpha value is -2.89. The van der Waals surface area contributed by atoms with Gasteiger partial charge in [0, 0.05) is 12.7 Å². The van der Waals surface area contributed by atoms with Gasteiger partial charge in [-0.15, -0.1) is 0 Å². The molecule has 0 aliphatic heterocycles. The first-order chi connectivity index (χ1) is 9.91. The number of benzene rings is 2. The zero-order chi connectivity index (χ0) is 15.6. The predicted molar refractivity (Wildman–Crippen MR) is 76.1 cm³/mol. The smallest absolute Gasteiger partial charge is 0.327 e. The normalized spacial score (nSPS) is 10.6. The maximum absolute atomic E-state index is 12.0. The first-order valence-corrected chi connectivity index (χ1v) is 6.14. The van der Waals surface area contributed by atoms with Crippen molar-refractivity contribution in [3.05, 3.63) is 42.5 Å². The van der Waals surface area contributed by atoms with Crippen molar-refractivity contribution < 1.29 is 24.6 Å². The summed E-state index contributed by atoms with van der Waals surface area (Å²) in [7, 11) is 1.35. The van der Waals surface area contributed by atoms with E-state index >= 15 is 0 Å². The van der Waals surface area contributed by atoms with Crippen LogP contribution in [0.3, 0.4) is 0 Å². The molecule has 0 aliphatic carbocycles. The second kappa shape index (κ2) is 5.62. The molecule has 0 radical (unpaired) electrons. The zero-order valence-corrected chi connectivity index (χ0v) is 11.2. The highest BCUT2D eigenvalue weighted by atomic mass is 16.4. The fourth-order valence-electron chi connectivity index (χ4n) is 2.02. The summed E-state index contributed by atoms with van der Waals surface area (Å²) in [4.78, 5) is 34.9. The lowest BCUT2D eigenvalue weighted by Crippen LogP contribution is -2.41. The number of hydrogen-bond donors (Lipinski definition) is 2. The summed E-state index contributed by atoms with van der Waals surface area (Å²) in [5.74, 6) is -6.47. The van der Waals surface area contributed by atoms with Crippen molar-refractivity contribution in [1.82, 2.24) is 0 Å². The van der Waals surface area contributed by atoms with Gasteiger partial charge >= 0.3 is 11.9 Å². The van der Waals surface area contributed by atoms with Gasteiger partial charge in [0.2, 0.25) is 5.92 Å². The maximum Gasteiger partial charge on any atom is 0.327 e. The van der Waals surface area contributed by atoms with Gasteiger partial charge in [-0.1, -0.05) is 30.3 Å². The number of carbonyl (C=O) groups is 3. The Morgan fingerprint density at radius 3 is 2.10 bits per heavy atom. The molecule has 0 fully saturated rings. The third-order valence-electron chi connectivity index (χ3n) is 3.19. The summed E-state index contributed by atoms with van der Waals surface area (Å²) >= 11 is 0. The number of hydrogen-bond acceptors (Lipinski definition) is 3. The summed E-state index contributed by atoms with van der Waals surface area (Å²) < 4.78 is 0. The van der Waals surface area contributed by atoms with Crippen molar-refractivity contribution in [3.63, 3.8) is 0 Å². The van der Waals surface area contributed by atoms with Crippen LogP contribution in [0.15, 0.2) is 42.5 Å². The molecule has 6 heteroatoms. The van der Waals surface area contributed by atoms with Gasteiger partial charge in [-0.05, 0) is 22.9 Å². The molecule has 2 aromatic rings. The van der Waals surface area contributed by atoms with E-state index in [1.807, 2.05) is 24.3 Å². The molecule has 2 rings (SSSR count). The van der Waals surface area contributed by atoms with E-state index in [1.54, 1.807) is 18.2 Å². The average Bonchev–Trinajstić information content (AvgIpc) is 2.45. The van der Waals surface area contributed by atoms with Gasteiger partial charge in [-0.2, -0.15) is 0 Å². The van der Waals surface area contributed by atoms with Crippen molar-refractivity contribution >= 4 is 34.3 Å². The van der Waals surface area contributed by atoms with Crippen LogP contribution in [0.1, 0.15) is 0 Å². The molecule has 0 bridgehead atoms. The molecule has 2 N–H and O–H groups in total. The number of carbonyl (C=O) groups excluding carboxylic acids is 1. The minimum absolute atomic E-state index is 0.436. The molecule has 0 saturated carbocycles. The number of anilines is 1. The Labute approximate surface area is 120 Å². The molecule has 0 spiro atoms. The first kappa shape index (κ1) is 14.5. The van der Waals surface area contributed by atoms with Crippen LogP contribution in [0.4, 0.5) is 5.69 Å². The van der Waals surface area contributed by atoms with Crippen LogP contribution in [-0.4, -0.2) is 35.1 Å². The maximum atomic E-state index is 12.0. The van der Waals surface area contributed by atoms with E-state index in [0.717, 1.165) is 15.7 Å². The summed E-state index contributed by atoms with van der Waals surface area (Å²) in [6.45, 7) is 0. The van der Waals surface area contributed by atoms with E-state index in [1.165, 1.54) is 7.05 Å². The quantitative estimate of drug-likeness (QED) is 0.833. The lowest BCUT2D eigenvalue weighted by molar-refractivity contribution is -0.157. The van der Waals surface area contributed by atoms with Gasteiger partial charge in [-0.3, -0.25) is 14.4 Å². The number of aliphatic carboxylic acids is 2. The minimum atomic E-state index is -2.11. The summed E-state index contributed by atoms with van der Waals surface area (Å²) in [6, 6.07) is 12.6. The molecule has 0 heterocycles. The van der Waals surface area contributed by atoms with E-state index in [9.17, 15) is 14.4 Å². The van der Waals surface area contributed by atoms with E-state index in [-0.39, 0.29) is 0 Å². The minimum Gasteiger partial charge on any atom is -0.480 e. The lowest BCUT2D eigenvalue weighted by Gasteiger charge is -2.20. The number of carboxylic acid groups (broad SMARTS) is 2. The topological polar surface area (TPSA) is 94.9 Å². The van der Waals surface area contributed by atoms with E-state index in [0.29, 0.717) is 5.69 Å². The summed E-state index contributed by atoms with van der Waals surface area (Å²) in [5.41, 5.74) is 0.436. The number of fused-ring (bicyclic) bond motifs is 1. The highest BCUT2D eigenvalue weighted by Gasteiger charge is 2.36. The number of amides is 1. The fourth-order valence-corrected chi connectivity index (χ4v) is 2.02. The number of rotatable bonds is 4. The molecular weight excluding hydrogens is 274 g/mol. The SMILES string of the molecule is CN(C(=O)C(C(=O)O)C(=O)O)c1ccc2ccccc2c1. The van der Waals surface area contributed by atoms with Crippen LogP contribution < -0.4 is 4.90 Å². The van der Waals surface area contributed by atoms with Gasteiger partial charge in [0.15, 0.2) is 0 Å². The van der Waals surface area contributed by atoms with Gasteiger partial charge in [0.25, 0.3) is 5.91 Å². The standard InChI is InChI=1S/C15H13NO5/c1-16(13(17)12(14(18)19)15(20)21)11-7-6-9-4-2-3-5-10(9)8-11/h2-8,12H,1H3,(H,18,19)(H,20,21). The predicted octanol–water partition coefficient (Wildman–Crippen LogP) is 1.59. The van der Waals surface area contributed by atoms with Crippen LogP contribution in [0.25, 0.3) is 10.8 Å². The third-order valence-corrected chi connectivity index (χ3v) is 3.19. The molecule has 0 unspecified atom stereocenters. The van der Waals surface area contributed by atoms with Crippen molar-refractivity contribution in [3.8, 4) is 0 Å². The number of nitrogens with zero attached hydrogens (tertiary/aromatic N) is 1. The van der Waals surface area contributed by atoms with E-state index in [2.05, 4.69) is 0 Å². The molecule has 0 atom stereocenters. The lowest BCUT2D eigenvalue weighted by atomic mass is 10.1. The van der Waals surface area contributed by atoms with Gasteiger partial charge in [0.1, 0.15) is 0 Å². The van der Waals surface area contributed by atoms with Crippen LogP contribution in [0.5, 0.6) is 0 Å². The van der Waals surface area contributed by atoms with Gasteiger partial charge in [0.05, 0.1) is 0 Å². The van der Waals surface area contributed by atoms with Crippen LogP contribution in [-0.2, 0) is 14.4 Å². The summed E-state index contributed by atoms with van der Waals surface area (Å²) in [6.07, 6.45) is 0. The van der Waals surface area contributed by atoms with Crippen LogP contribution in [0.2, 0.25) is 0 Å². The monoisotopic (exact) mass is 287 g/mol. The number of carboxylic acids is 2. The second-order valence-corrected chi connectivity index (χ2v) is 4.54. The molecule has 0 aromatic heterocycles. The largest absolute Gasteiger partial charge is 0.480 e. The third kappa shape index (κ3) is 2.84. The molecular formula is C15H13NO5. The van der Waals surface area contributed by atoms with Gasteiger partial charge < -0.3 is 15.1 Å². The highest BCUT2D eigenvalue weighted by Crippen LogP contribution is 2.22. The van der Waals surface area contributed by atoms with Crippen molar-refractivity contribution in [2.75, 3.05) is 11.9 Å². The highest BCUT2D eigenvalue weighted by molar-refractivity contribution is 6.18. The van der Waals surface area contributed by atoms with E-state index in [4.69, 9.17) is 10.2 Å². The Balaban J connectivity index is 2.36. The Kier molecular flexibility index (Phi) is 3.89. The molecule has 2 aromatic carbocycles. The first-order valence-electron chi connectivity index (χ1n) is 6.14. The second-order valence-electron chi connectivity index (χ2n) is 4.54. The van der Waals surface area contributed by atoms with E-state index < -0.39 is 23.8 Å². The Morgan fingerprint density at radius 1 is 0.952 bits per heavy atom. The molecule has 21 heavy (non-hydrogen) atoms.